The largest absolute Gasteiger partial charge is 0.294 e. The Morgan fingerprint density at radius 2 is 2.00 bits per heavy atom. The molecule has 0 N–H and O–H groups in total. The summed E-state index contributed by atoms with van der Waals surface area (Å²) in [6.07, 6.45) is 0.490. The number of hydrogen-bond donors (Lipinski definition) is 0. The number of hydrogen-bond acceptors (Lipinski definition) is 2. The summed E-state index contributed by atoms with van der Waals surface area (Å²) in [5, 5.41) is 0. The lowest BCUT2D eigenvalue weighted by molar-refractivity contribution is 0.0968. The Morgan fingerprint density at radius 1 is 1.18 bits per heavy atom. The molecular formula is C9H6O2. The average Bonchev–Trinajstić information content (AvgIpc) is 2.11. The predicted molar refractivity (Wildman–Crippen MR) is 40.7 cm³/mol. The highest BCUT2D eigenvalue weighted by atomic mass is 16.1. The molecule has 0 heterocycles. The van der Waals surface area contributed by atoms with E-state index < -0.39 is 0 Å². The Morgan fingerprint density at radius 3 is 2.73 bits per heavy atom. The zero-order valence-electron chi connectivity index (χ0n) is 5.83. The van der Waals surface area contributed by atoms with E-state index in [0.29, 0.717) is 12.0 Å². The van der Waals surface area contributed by atoms with Crippen molar-refractivity contribution < 1.29 is 4.79 Å². The van der Waals surface area contributed by atoms with Gasteiger partial charge in [-0.3, -0.25) is 9.59 Å². The number of Topliss-reactive ketones (excluding diaryl/α,β-unsaturated/α-hetero) is 1. The number of carbonyl (C=O) groups is 1. The van der Waals surface area contributed by atoms with E-state index in [0.717, 1.165) is 5.56 Å². The Bertz CT molecular complexity index is 380. The van der Waals surface area contributed by atoms with Crippen LogP contribution in [-0.4, -0.2) is 5.78 Å². The van der Waals surface area contributed by atoms with Crippen LogP contribution in [-0.2, 0) is 6.42 Å². The molecule has 0 bridgehead atoms. The molecule has 0 saturated heterocycles. The molecule has 1 aromatic rings. The molecule has 0 radical (unpaired) electrons. The molecule has 11 heavy (non-hydrogen) atoms. The number of ketones is 1. The number of fused-ring (bicyclic) bond motifs is 1. The molecule has 2 heteroatoms. The van der Waals surface area contributed by atoms with E-state index >= 15 is 0 Å². The fraction of sp³-hybridized carbons (Fsp3) is 0.111. The van der Waals surface area contributed by atoms with Gasteiger partial charge in [-0.15, -0.1) is 0 Å². The van der Waals surface area contributed by atoms with Crippen molar-refractivity contribution in [3.8, 4) is 0 Å². The van der Waals surface area contributed by atoms with Gasteiger partial charge in [-0.05, 0) is 17.7 Å². The van der Waals surface area contributed by atoms with Crippen LogP contribution in [0.4, 0.5) is 0 Å². The minimum Gasteiger partial charge on any atom is -0.294 e. The Balaban J connectivity index is 2.77. The molecule has 1 aromatic carbocycles. The zero-order chi connectivity index (χ0) is 7.84. The summed E-state index contributed by atoms with van der Waals surface area (Å²) in [7, 11) is 0. The summed E-state index contributed by atoms with van der Waals surface area (Å²) < 4.78 is 0. The summed E-state index contributed by atoms with van der Waals surface area (Å²) in [5.41, 5.74) is 1.48. The van der Waals surface area contributed by atoms with E-state index in [-0.39, 0.29) is 11.2 Å². The third-order valence-electron chi connectivity index (χ3n) is 1.84. The summed E-state index contributed by atoms with van der Waals surface area (Å²) in [4.78, 5) is 21.7. The lowest BCUT2D eigenvalue weighted by Gasteiger charge is -2.12. The second-order valence-corrected chi connectivity index (χ2v) is 2.61. The number of rotatable bonds is 0. The standard InChI is InChI=1S/C9H6O2/c10-7-3-1-2-6-4-9(11)8(6)5-7/h1-3,5H,4H2. The van der Waals surface area contributed by atoms with Crippen molar-refractivity contribution in [3.63, 3.8) is 0 Å². The van der Waals surface area contributed by atoms with Crippen molar-refractivity contribution in [1.29, 1.82) is 0 Å². The normalized spacial score (nSPS) is 13.6. The van der Waals surface area contributed by atoms with Crippen LogP contribution in [0.3, 0.4) is 0 Å². The first-order chi connectivity index (χ1) is 5.27. The molecule has 2 nitrogen and oxygen atoms in total. The van der Waals surface area contributed by atoms with E-state index in [1.165, 1.54) is 12.1 Å². The van der Waals surface area contributed by atoms with Crippen LogP contribution in [0.2, 0.25) is 0 Å². The minimum atomic E-state index is -0.0979. The molecule has 54 valence electrons. The molecule has 0 unspecified atom stereocenters. The predicted octanol–water partition coefficient (Wildman–Crippen LogP) is 0.786. The topological polar surface area (TPSA) is 34.1 Å². The van der Waals surface area contributed by atoms with E-state index in [9.17, 15) is 9.59 Å². The Kier molecular flexibility index (Phi) is 1.15. The summed E-state index contributed by atoms with van der Waals surface area (Å²) in [5.74, 6) is 0.0771. The van der Waals surface area contributed by atoms with Crippen LogP contribution in [0, 0.1) is 0 Å². The quantitative estimate of drug-likeness (QED) is 0.542. The van der Waals surface area contributed by atoms with E-state index in [2.05, 4.69) is 0 Å². The van der Waals surface area contributed by atoms with E-state index in [1.54, 1.807) is 6.07 Å². The fourth-order valence-corrected chi connectivity index (χ4v) is 1.21. The summed E-state index contributed by atoms with van der Waals surface area (Å²) in [6.45, 7) is 0. The van der Waals surface area contributed by atoms with Gasteiger partial charge in [-0.1, -0.05) is 12.1 Å². The van der Waals surface area contributed by atoms with Gasteiger partial charge < -0.3 is 0 Å². The first-order valence-corrected chi connectivity index (χ1v) is 3.44. The van der Waals surface area contributed by atoms with Gasteiger partial charge >= 0.3 is 0 Å². The molecule has 0 amide bonds. The van der Waals surface area contributed by atoms with Crippen LogP contribution in [0.1, 0.15) is 15.9 Å². The van der Waals surface area contributed by atoms with Crippen molar-refractivity contribution in [2.75, 3.05) is 0 Å². The molecule has 0 fully saturated rings. The smallest absolute Gasteiger partial charge is 0.179 e. The van der Waals surface area contributed by atoms with Crippen LogP contribution in [0.15, 0.2) is 29.1 Å². The van der Waals surface area contributed by atoms with Crippen molar-refractivity contribution in [3.05, 3.63) is 45.6 Å². The highest BCUT2D eigenvalue weighted by molar-refractivity contribution is 6.06. The second-order valence-electron chi connectivity index (χ2n) is 2.61. The summed E-state index contributed by atoms with van der Waals surface area (Å²) in [6, 6.07) is 6.37. The van der Waals surface area contributed by atoms with Crippen LogP contribution >= 0.6 is 0 Å². The molecule has 1 aliphatic carbocycles. The minimum absolute atomic E-state index is 0.0771. The van der Waals surface area contributed by atoms with Crippen molar-refractivity contribution in [2.24, 2.45) is 0 Å². The van der Waals surface area contributed by atoms with Crippen LogP contribution in [0.5, 0.6) is 0 Å². The third-order valence-corrected chi connectivity index (χ3v) is 1.84. The van der Waals surface area contributed by atoms with Crippen molar-refractivity contribution in [2.45, 2.75) is 6.42 Å². The Labute approximate surface area is 63.5 Å². The van der Waals surface area contributed by atoms with Gasteiger partial charge in [0, 0.05) is 12.0 Å². The maximum atomic E-state index is 10.9. The van der Waals surface area contributed by atoms with Crippen molar-refractivity contribution in [1.82, 2.24) is 0 Å². The second kappa shape index (κ2) is 2.02. The first kappa shape index (κ1) is 6.28. The fourth-order valence-electron chi connectivity index (χ4n) is 1.21. The molecule has 0 aliphatic heterocycles. The van der Waals surface area contributed by atoms with Gasteiger partial charge in [0.2, 0.25) is 0 Å². The van der Waals surface area contributed by atoms with Gasteiger partial charge in [0.1, 0.15) is 0 Å². The molecule has 0 aromatic heterocycles. The molecule has 0 saturated carbocycles. The zero-order valence-corrected chi connectivity index (χ0v) is 5.83. The van der Waals surface area contributed by atoms with E-state index in [1.807, 2.05) is 6.07 Å². The highest BCUT2D eigenvalue weighted by Gasteiger charge is 2.21. The van der Waals surface area contributed by atoms with Gasteiger partial charge in [-0.2, -0.15) is 0 Å². The van der Waals surface area contributed by atoms with Crippen LogP contribution < -0.4 is 5.43 Å². The average molecular weight is 146 g/mol. The van der Waals surface area contributed by atoms with Gasteiger partial charge in [-0.25, -0.2) is 0 Å². The van der Waals surface area contributed by atoms with E-state index in [4.69, 9.17) is 0 Å². The third kappa shape index (κ3) is 0.871. The SMILES string of the molecule is O=C1Cc2cccc(=O)cc21. The molecular weight excluding hydrogens is 140 g/mol. The summed E-state index contributed by atoms with van der Waals surface area (Å²) >= 11 is 0. The molecule has 0 atom stereocenters. The van der Waals surface area contributed by atoms with Gasteiger partial charge in [0.25, 0.3) is 0 Å². The monoisotopic (exact) mass is 146 g/mol. The maximum absolute atomic E-state index is 10.9. The first-order valence-electron chi connectivity index (χ1n) is 3.44. The van der Waals surface area contributed by atoms with Crippen molar-refractivity contribution >= 4 is 5.78 Å². The lowest BCUT2D eigenvalue weighted by Crippen LogP contribution is -2.18. The molecule has 0 spiro atoms. The van der Waals surface area contributed by atoms with Gasteiger partial charge in [0.15, 0.2) is 11.2 Å². The maximum Gasteiger partial charge on any atom is 0.179 e. The van der Waals surface area contributed by atoms with Gasteiger partial charge in [0.05, 0.1) is 0 Å². The molecule has 2 rings (SSSR count). The molecule has 1 aliphatic rings. The lowest BCUT2D eigenvalue weighted by atomic mass is 9.90. The number of carbonyl (C=O) groups excluding carboxylic acids is 1. The Hall–Kier alpha value is -1.44. The highest BCUT2D eigenvalue weighted by Crippen LogP contribution is 2.18. The van der Waals surface area contributed by atoms with Crippen LogP contribution in [0.25, 0.3) is 0 Å².